The average Bonchev–Trinajstić information content (AvgIpc) is 2.91. The molecule has 0 aromatic rings. The Balaban J connectivity index is 2.01. The van der Waals surface area contributed by atoms with Gasteiger partial charge in [0.1, 0.15) is 0 Å². The molecule has 2 saturated carbocycles. The van der Waals surface area contributed by atoms with Crippen LogP contribution < -0.4 is 11.1 Å². The van der Waals surface area contributed by atoms with Gasteiger partial charge in [-0.25, -0.2) is 0 Å². The van der Waals surface area contributed by atoms with E-state index in [4.69, 9.17) is 5.73 Å². The first kappa shape index (κ1) is 12.9. The summed E-state index contributed by atoms with van der Waals surface area (Å²) in [5, 5.41) is 3.29. The molecule has 0 heterocycles. The van der Waals surface area contributed by atoms with Crippen molar-refractivity contribution in [1.29, 1.82) is 0 Å². The fraction of sp³-hybridized carbons (Fsp3) is 0.929. The summed E-state index contributed by atoms with van der Waals surface area (Å²) >= 11 is 0. The van der Waals surface area contributed by atoms with Crippen molar-refractivity contribution in [2.24, 2.45) is 23.0 Å². The molecule has 1 amide bonds. The van der Waals surface area contributed by atoms with E-state index in [1.807, 2.05) is 0 Å². The summed E-state index contributed by atoms with van der Waals surface area (Å²) in [5.41, 5.74) is 6.03. The van der Waals surface area contributed by atoms with E-state index in [2.05, 4.69) is 26.1 Å². The van der Waals surface area contributed by atoms with Crippen molar-refractivity contribution in [3.63, 3.8) is 0 Å². The molecule has 3 unspecified atom stereocenters. The summed E-state index contributed by atoms with van der Waals surface area (Å²) in [7, 11) is 0. The molecule has 0 saturated heterocycles. The van der Waals surface area contributed by atoms with Crippen LogP contribution in [0.4, 0.5) is 0 Å². The molecule has 3 atom stereocenters. The van der Waals surface area contributed by atoms with E-state index in [1.165, 1.54) is 19.3 Å². The zero-order chi connectivity index (χ0) is 12.7. The molecule has 0 aromatic carbocycles. The van der Waals surface area contributed by atoms with Crippen LogP contribution >= 0.6 is 0 Å². The van der Waals surface area contributed by atoms with Crippen molar-refractivity contribution in [1.82, 2.24) is 5.32 Å². The lowest BCUT2D eigenvalue weighted by Gasteiger charge is -2.42. The van der Waals surface area contributed by atoms with Gasteiger partial charge in [0.25, 0.3) is 0 Å². The minimum atomic E-state index is -0.131. The Hall–Kier alpha value is -0.570. The van der Waals surface area contributed by atoms with Crippen molar-refractivity contribution in [2.45, 2.75) is 58.4 Å². The van der Waals surface area contributed by atoms with Gasteiger partial charge in [0, 0.05) is 12.5 Å². The van der Waals surface area contributed by atoms with Crippen LogP contribution in [-0.2, 0) is 4.79 Å². The Labute approximate surface area is 105 Å². The fourth-order valence-electron chi connectivity index (χ4n) is 3.20. The first-order valence-corrected chi connectivity index (χ1v) is 6.93. The molecule has 0 aliphatic heterocycles. The number of carbonyl (C=O) groups excluding carboxylic acids is 1. The molecule has 17 heavy (non-hydrogen) atoms. The number of nitrogens with one attached hydrogen (secondary N) is 1. The lowest BCUT2D eigenvalue weighted by Crippen LogP contribution is -2.59. The van der Waals surface area contributed by atoms with E-state index >= 15 is 0 Å². The first-order valence-electron chi connectivity index (χ1n) is 6.93. The smallest absolute Gasteiger partial charge is 0.224 e. The zero-order valence-electron chi connectivity index (χ0n) is 11.4. The summed E-state index contributed by atoms with van der Waals surface area (Å²) in [6, 6.07) is 0. The molecule has 3 N–H and O–H groups in total. The van der Waals surface area contributed by atoms with Gasteiger partial charge in [-0.05, 0) is 30.6 Å². The third kappa shape index (κ3) is 2.35. The maximum absolute atomic E-state index is 12.2. The van der Waals surface area contributed by atoms with E-state index in [0.29, 0.717) is 12.5 Å². The third-order valence-electron chi connectivity index (χ3n) is 5.02. The van der Waals surface area contributed by atoms with Gasteiger partial charge in [0.15, 0.2) is 0 Å². The minimum Gasteiger partial charge on any atom is -0.349 e. The number of amides is 1. The van der Waals surface area contributed by atoms with E-state index < -0.39 is 0 Å². The van der Waals surface area contributed by atoms with Crippen molar-refractivity contribution in [3.8, 4) is 0 Å². The van der Waals surface area contributed by atoms with Crippen molar-refractivity contribution in [2.75, 3.05) is 6.54 Å². The van der Waals surface area contributed by atoms with Gasteiger partial charge in [-0.3, -0.25) is 4.79 Å². The highest BCUT2D eigenvalue weighted by Crippen LogP contribution is 2.52. The second kappa shape index (κ2) is 4.27. The topological polar surface area (TPSA) is 55.1 Å². The Morgan fingerprint density at radius 3 is 2.53 bits per heavy atom. The van der Waals surface area contributed by atoms with Crippen molar-refractivity contribution in [3.05, 3.63) is 0 Å². The summed E-state index contributed by atoms with van der Waals surface area (Å²) in [6.45, 7) is 7.13. The van der Waals surface area contributed by atoms with Gasteiger partial charge in [-0.2, -0.15) is 0 Å². The minimum absolute atomic E-state index is 0.131. The molecule has 98 valence electrons. The predicted octanol–water partition coefficient (Wildman–Crippen LogP) is 2.06. The molecule has 0 aromatic heterocycles. The van der Waals surface area contributed by atoms with Crippen LogP contribution in [0.15, 0.2) is 0 Å². The number of rotatable bonds is 3. The summed E-state index contributed by atoms with van der Waals surface area (Å²) in [6.07, 6.45) is 5.71. The molecule has 2 aliphatic carbocycles. The van der Waals surface area contributed by atoms with Gasteiger partial charge in [-0.15, -0.1) is 0 Å². The third-order valence-corrected chi connectivity index (χ3v) is 5.02. The molecule has 0 radical (unpaired) electrons. The normalized spacial score (nSPS) is 39.8. The fourth-order valence-corrected chi connectivity index (χ4v) is 3.20. The SMILES string of the molecule is CC1CCCCC1(CN)NC(=O)C1CC1(C)C. The molecule has 3 nitrogen and oxygen atoms in total. The lowest BCUT2D eigenvalue weighted by atomic mass is 9.73. The van der Waals surface area contributed by atoms with Crippen LogP contribution in [0.3, 0.4) is 0 Å². The van der Waals surface area contributed by atoms with Crippen LogP contribution in [0.1, 0.15) is 52.9 Å². The van der Waals surface area contributed by atoms with Crippen LogP contribution in [0.5, 0.6) is 0 Å². The highest BCUT2D eigenvalue weighted by Gasteiger charge is 2.52. The van der Waals surface area contributed by atoms with Crippen molar-refractivity contribution >= 4 is 5.91 Å². The van der Waals surface area contributed by atoms with Crippen LogP contribution in [0.25, 0.3) is 0 Å². The first-order chi connectivity index (χ1) is 7.91. The van der Waals surface area contributed by atoms with Crippen LogP contribution in [-0.4, -0.2) is 18.0 Å². The Kier molecular flexibility index (Phi) is 3.23. The van der Waals surface area contributed by atoms with E-state index in [9.17, 15) is 4.79 Å². The molecular weight excluding hydrogens is 212 g/mol. The molecule has 0 spiro atoms. The van der Waals surface area contributed by atoms with Crippen molar-refractivity contribution < 1.29 is 4.79 Å². The quantitative estimate of drug-likeness (QED) is 0.790. The van der Waals surface area contributed by atoms with Gasteiger partial charge >= 0.3 is 0 Å². The Bertz CT molecular complexity index is 313. The molecule has 2 aliphatic rings. The van der Waals surface area contributed by atoms with Gasteiger partial charge < -0.3 is 11.1 Å². The van der Waals surface area contributed by atoms with Crippen LogP contribution in [0.2, 0.25) is 0 Å². The van der Waals surface area contributed by atoms with Gasteiger partial charge in [-0.1, -0.05) is 33.6 Å². The van der Waals surface area contributed by atoms with E-state index in [0.717, 1.165) is 12.8 Å². The Morgan fingerprint density at radius 2 is 2.06 bits per heavy atom. The largest absolute Gasteiger partial charge is 0.349 e. The monoisotopic (exact) mass is 238 g/mol. The molecular formula is C14H26N2O. The number of carbonyl (C=O) groups is 1. The molecule has 2 fully saturated rings. The second-order valence-electron chi connectivity index (χ2n) is 6.74. The predicted molar refractivity (Wildman–Crippen MR) is 69.4 cm³/mol. The van der Waals surface area contributed by atoms with Gasteiger partial charge in [0.05, 0.1) is 5.54 Å². The highest BCUT2D eigenvalue weighted by molar-refractivity contribution is 5.83. The van der Waals surface area contributed by atoms with E-state index in [-0.39, 0.29) is 22.8 Å². The Morgan fingerprint density at radius 1 is 1.41 bits per heavy atom. The molecule has 2 rings (SSSR count). The standard InChI is InChI=1S/C14H26N2O/c1-10-6-4-5-7-14(10,9-15)16-12(17)11-8-13(11,2)3/h10-11H,4-9,15H2,1-3H3,(H,16,17). The summed E-state index contributed by atoms with van der Waals surface area (Å²) in [5.74, 6) is 0.946. The zero-order valence-corrected chi connectivity index (χ0v) is 11.4. The lowest BCUT2D eigenvalue weighted by molar-refractivity contribution is -0.126. The molecule has 0 bridgehead atoms. The van der Waals surface area contributed by atoms with Crippen LogP contribution in [0, 0.1) is 17.3 Å². The maximum atomic E-state index is 12.2. The number of hydrogen-bond donors (Lipinski definition) is 2. The summed E-state index contributed by atoms with van der Waals surface area (Å²) in [4.78, 5) is 12.2. The molecule has 3 heteroatoms. The number of nitrogens with two attached hydrogens (primary N) is 1. The number of hydrogen-bond acceptors (Lipinski definition) is 2. The van der Waals surface area contributed by atoms with Gasteiger partial charge in [0.2, 0.25) is 5.91 Å². The average molecular weight is 238 g/mol. The summed E-state index contributed by atoms with van der Waals surface area (Å²) < 4.78 is 0. The highest BCUT2D eigenvalue weighted by atomic mass is 16.2. The maximum Gasteiger partial charge on any atom is 0.224 e. The second-order valence-corrected chi connectivity index (χ2v) is 6.74. The van der Waals surface area contributed by atoms with E-state index in [1.54, 1.807) is 0 Å².